The van der Waals surface area contributed by atoms with Crippen molar-refractivity contribution in [3.8, 4) is 17.2 Å². The van der Waals surface area contributed by atoms with Gasteiger partial charge in [-0.05, 0) is 35.6 Å². The molecule has 0 saturated carbocycles. The second kappa shape index (κ2) is 10.3. The van der Waals surface area contributed by atoms with Gasteiger partial charge in [0.15, 0.2) is 18.1 Å². The van der Waals surface area contributed by atoms with Gasteiger partial charge in [-0.3, -0.25) is 19.7 Å². The molecule has 0 bridgehead atoms. The van der Waals surface area contributed by atoms with Crippen molar-refractivity contribution in [2.24, 2.45) is 0 Å². The molecule has 1 N–H and O–H groups in total. The molecule has 0 unspecified atom stereocenters. The van der Waals surface area contributed by atoms with E-state index in [1.54, 1.807) is 29.6 Å². The van der Waals surface area contributed by atoms with Crippen LogP contribution < -0.4 is 19.5 Å². The van der Waals surface area contributed by atoms with Gasteiger partial charge in [-0.1, -0.05) is 6.07 Å². The lowest BCUT2D eigenvalue weighted by Crippen LogP contribution is -2.33. The largest absolute Gasteiger partial charge is 0.493 e. The van der Waals surface area contributed by atoms with Crippen molar-refractivity contribution in [2.75, 3.05) is 27.9 Å². The maximum absolute atomic E-state index is 11.9. The average molecular weight is 407 g/mol. The van der Waals surface area contributed by atoms with E-state index < -0.39 is 24.4 Å². The number of amides is 2. The van der Waals surface area contributed by atoms with Gasteiger partial charge in [0, 0.05) is 6.42 Å². The number of ether oxygens (including phenoxy) is 4. The van der Waals surface area contributed by atoms with E-state index >= 15 is 0 Å². The number of hydrogen-bond acceptors (Lipinski definition) is 8. The van der Waals surface area contributed by atoms with Gasteiger partial charge in [-0.15, -0.1) is 11.3 Å². The minimum Gasteiger partial charge on any atom is -0.493 e. The number of rotatable bonds is 9. The molecule has 0 saturated heterocycles. The highest BCUT2D eigenvalue weighted by atomic mass is 32.1. The summed E-state index contributed by atoms with van der Waals surface area (Å²) in [4.78, 5) is 35.8. The van der Waals surface area contributed by atoms with Gasteiger partial charge in [0.05, 0.1) is 26.2 Å². The van der Waals surface area contributed by atoms with Gasteiger partial charge in [0.2, 0.25) is 5.75 Å². The molecule has 1 aromatic heterocycles. The maximum atomic E-state index is 11.9. The molecule has 2 aromatic rings. The standard InChI is InChI=1S/C19H21NO7S/c1-24-13-9-12(10-14(25-2)18(13)26-3)6-7-17(22)27-11-16(21)20-19(23)15-5-4-8-28-15/h4-5,8-10H,6-7,11H2,1-3H3,(H,20,21,23). The summed E-state index contributed by atoms with van der Waals surface area (Å²) in [7, 11) is 4.52. The number of imide groups is 1. The van der Waals surface area contributed by atoms with E-state index in [-0.39, 0.29) is 6.42 Å². The van der Waals surface area contributed by atoms with E-state index in [4.69, 9.17) is 18.9 Å². The van der Waals surface area contributed by atoms with Gasteiger partial charge in [0.25, 0.3) is 11.8 Å². The van der Waals surface area contributed by atoms with Gasteiger partial charge in [-0.25, -0.2) is 0 Å². The van der Waals surface area contributed by atoms with Crippen molar-refractivity contribution in [2.45, 2.75) is 12.8 Å². The first-order chi connectivity index (χ1) is 13.5. The van der Waals surface area contributed by atoms with E-state index in [2.05, 4.69) is 5.32 Å². The zero-order valence-electron chi connectivity index (χ0n) is 15.8. The highest BCUT2D eigenvalue weighted by Gasteiger charge is 2.16. The second-order valence-corrected chi connectivity index (χ2v) is 6.50. The van der Waals surface area contributed by atoms with Crippen LogP contribution in [0.3, 0.4) is 0 Å². The third-order valence-corrected chi connectivity index (χ3v) is 4.57. The van der Waals surface area contributed by atoms with Crippen LogP contribution in [0.1, 0.15) is 21.7 Å². The molecule has 0 aliphatic heterocycles. The SMILES string of the molecule is COc1cc(CCC(=O)OCC(=O)NC(=O)c2cccs2)cc(OC)c1OC. The molecule has 0 spiro atoms. The van der Waals surface area contributed by atoms with Crippen molar-refractivity contribution in [1.29, 1.82) is 0 Å². The number of carbonyl (C=O) groups is 3. The van der Waals surface area contributed by atoms with Crippen molar-refractivity contribution in [1.82, 2.24) is 5.32 Å². The van der Waals surface area contributed by atoms with E-state index in [1.165, 1.54) is 32.7 Å². The molecular weight excluding hydrogens is 386 g/mol. The van der Waals surface area contributed by atoms with Gasteiger partial charge in [0.1, 0.15) is 0 Å². The second-order valence-electron chi connectivity index (χ2n) is 5.55. The first-order valence-electron chi connectivity index (χ1n) is 8.30. The molecule has 0 aliphatic rings. The van der Waals surface area contributed by atoms with Gasteiger partial charge < -0.3 is 18.9 Å². The summed E-state index contributed by atoms with van der Waals surface area (Å²) in [6.07, 6.45) is 0.399. The van der Waals surface area contributed by atoms with Crippen LogP contribution in [0, 0.1) is 0 Å². The fraction of sp³-hybridized carbons (Fsp3) is 0.316. The number of carbonyl (C=O) groups excluding carboxylic acids is 3. The zero-order chi connectivity index (χ0) is 20.5. The summed E-state index contributed by atoms with van der Waals surface area (Å²) in [5.74, 6) is -0.336. The van der Waals surface area contributed by atoms with Crippen LogP contribution in [0.4, 0.5) is 0 Å². The summed E-state index contributed by atoms with van der Waals surface area (Å²) >= 11 is 1.21. The third-order valence-electron chi connectivity index (χ3n) is 3.70. The molecule has 0 atom stereocenters. The molecular formula is C19H21NO7S. The predicted molar refractivity (Wildman–Crippen MR) is 102 cm³/mol. The number of hydrogen-bond donors (Lipinski definition) is 1. The lowest BCUT2D eigenvalue weighted by molar-refractivity contribution is -0.148. The first kappa shape index (κ1) is 21.2. The topological polar surface area (TPSA) is 100 Å². The monoisotopic (exact) mass is 407 g/mol. The Hall–Kier alpha value is -3.07. The number of aryl methyl sites for hydroxylation is 1. The summed E-state index contributed by atoms with van der Waals surface area (Å²) in [6.45, 7) is -0.523. The van der Waals surface area contributed by atoms with Crippen LogP contribution in [-0.2, 0) is 20.7 Å². The Balaban J connectivity index is 1.83. The molecule has 8 nitrogen and oxygen atoms in total. The Morgan fingerprint density at radius 2 is 1.71 bits per heavy atom. The Bertz CT molecular complexity index is 808. The Labute approximate surface area is 166 Å². The average Bonchev–Trinajstić information content (AvgIpc) is 3.24. The molecule has 150 valence electrons. The number of nitrogens with one attached hydrogen (secondary N) is 1. The van der Waals surface area contributed by atoms with Crippen molar-refractivity contribution in [3.63, 3.8) is 0 Å². The summed E-state index contributed by atoms with van der Waals surface area (Å²) in [5.41, 5.74) is 0.781. The first-order valence-corrected chi connectivity index (χ1v) is 9.18. The fourth-order valence-electron chi connectivity index (χ4n) is 2.38. The van der Waals surface area contributed by atoms with Crippen molar-refractivity contribution < 1.29 is 33.3 Å². The lowest BCUT2D eigenvalue weighted by atomic mass is 10.1. The van der Waals surface area contributed by atoms with Crippen LogP contribution in [0.5, 0.6) is 17.2 Å². The summed E-state index contributed by atoms with van der Waals surface area (Å²) in [6, 6.07) is 6.77. The molecule has 0 radical (unpaired) electrons. The minimum atomic E-state index is -0.681. The quantitative estimate of drug-likeness (QED) is 0.636. The number of thiophene rings is 1. The van der Waals surface area contributed by atoms with Crippen LogP contribution in [0.25, 0.3) is 0 Å². The van der Waals surface area contributed by atoms with Crippen LogP contribution in [-0.4, -0.2) is 45.7 Å². The maximum Gasteiger partial charge on any atom is 0.306 e. The smallest absolute Gasteiger partial charge is 0.306 e. The van der Waals surface area contributed by atoms with E-state index in [1.807, 2.05) is 0 Å². The van der Waals surface area contributed by atoms with Crippen LogP contribution in [0.15, 0.2) is 29.6 Å². The molecule has 0 aliphatic carbocycles. The summed E-state index contributed by atoms with van der Waals surface area (Å²) < 4.78 is 20.7. The van der Waals surface area contributed by atoms with Crippen LogP contribution >= 0.6 is 11.3 Å². The Kier molecular flexibility index (Phi) is 7.82. The highest BCUT2D eigenvalue weighted by Crippen LogP contribution is 2.38. The van der Waals surface area contributed by atoms with E-state index in [0.29, 0.717) is 28.5 Å². The van der Waals surface area contributed by atoms with Crippen molar-refractivity contribution in [3.05, 3.63) is 40.1 Å². The van der Waals surface area contributed by atoms with Crippen LogP contribution in [0.2, 0.25) is 0 Å². The molecule has 1 aromatic carbocycles. The summed E-state index contributed by atoms with van der Waals surface area (Å²) in [5, 5.41) is 3.89. The lowest BCUT2D eigenvalue weighted by Gasteiger charge is -2.14. The predicted octanol–water partition coefficient (Wildman–Crippen LogP) is 2.21. The van der Waals surface area contributed by atoms with Gasteiger partial charge >= 0.3 is 5.97 Å². The molecule has 28 heavy (non-hydrogen) atoms. The Morgan fingerprint density at radius 1 is 1.04 bits per heavy atom. The van der Waals surface area contributed by atoms with Crippen molar-refractivity contribution >= 4 is 29.1 Å². The molecule has 9 heteroatoms. The number of esters is 1. The molecule has 2 rings (SSSR count). The number of methoxy groups -OCH3 is 3. The number of benzene rings is 1. The van der Waals surface area contributed by atoms with E-state index in [0.717, 1.165) is 5.56 Å². The van der Waals surface area contributed by atoms with Gasteiger partial charge in [-0.2, -0.15) is 0 Å². The molecule has 1 heterocycles. The van der Waals surface area contributed by atoms with E-state index in [9.17, 15) is 14.4 Å². The third kappa shape index (κ3) is 5.71. The molecule has 2 amide bonds. The zero-order valence-corrected chi connectivity index (χ0v) is 16.6. The highest BCUT2D eigenvalue weighted by molar-refractivity contribution is 7.12. The molecule has 0 fully saturated rings. The normalized spacial score (nSPS) is 10.1. The minimum absolute atomic E-state index is 0.0464. The fourth-order valence-corrected chi connectivity index (χ4v) is 3.00. The Morgan fingerprint density at radius 3 is 2.25 bits per heavy atom.